The van der Waals surface area contributed by atoms with E-state index in [0.717, 1.165) is 21.5 Å². The van der Waals surface area contributed by atoms with Crippen LogP contribution in [0.5, 0.6) is 0 Å². The van der Waals surface area contributed by atoms with Crippen molar-refractivity contribution in [3.8, 4) is 11.3 Å². The zero-order valence-electron chi connectivity index (χ0n) is 9.56. The minimum Gasteiger partial charge on any atom is -0.234 e. The third kappa shape index (κ3) is 1.80. The molecule has 90 valence electrons. The standard InChI is InChI=1S/C13H9BrFN3/c1-8-6-9(2-3-10(8)15)11-4-5-13-16-7-12(14)18(13)17-11/h2-7H,1H3. The van der Waals surface area contributed by atoms with Crippen molar-refractivity contribution in [1.29, 1.82) is 0 Å². The Morgan fingerprint density at radius 3 is 2.83 bits per heavy atom. The SMILES string of the molecule is Cc1cc(-c2ccc3ncc(Br)n3n2)ccc1F. The van der Waals surface area contributed by atoms with Gasteiger partial charge >= 0.3 is 0 Å². The van der Waals surface area contributed by atoms with E-state index >= 15 is 0 Å². The van der Waals surface area contributed by atoms with Gasteiger partial charge in [-0.1, -0.05) is 0 Å². The lowest BCUT2D eigenvalue weighted by Gasteiger charge is -2.04. The Labute approximate surface area is 111 Å². The summed E-state index contributed by atoms with van der Waals surface area (Å²) in [5.41, 5.74) is 3.05. The molecule has 0 atom stereocenters. The number of nitrogens with zero attached hydrogens (tertiary/aromatic N) is 3. The van der Waals surface area contributed by atoms with Crippen LogP contribution in [0.1, 0.15) is 5.56 Å². The number of hydrogen-bond donors (Lipinski definition) is 0. The highest BCUT2D eigenvalue weighted by atomic mass is 79.9. The Morgan fingerprint density at radius 1 is 1.22 bits per heavy atom. The first-order chi connectivity index (χ1) is 8.65. The fourth-order valence-corrected chi connectivity index (χ4v) is 2.17. The van der Waals surface area contributed by atoms with Crippen LogP contribution in [0, 0.1) is 12.7 Å². The Hall–Kier alpha value is -1.75. The van der Waals surface area contributed by atoms with Gasteiger partial charge in [-0.15, -0.1) is 0 Å². The third-order valence-electron chi connectivity index (χ3n) is 2.77. The molecule has 3 nitrogen and oxygen atoms in total. The second-order valence-electron chi connectivity index (χ2n) is 4.03. The van der Waals surface area contributed by atoms with Crippen molar-refractivity contribution in [3.05, 3.63) is 52.5 Å². The van der Waals surface area contributed by atoms with Crippen LogP contribution in [0.25, 0.3) is 16.9 Å². The maximum atomic E-state index is 13.2. The molecule has 0 aliphatic heterocycles. The van der Waals surface area contributed by atoms with Gasteiger partial charge in [-0.2, -0.15) is 5.10 Å². The molecule has 0 N–H and O–H groups in total. The molecule has 1 aromatic carbocycles. The summed E-state index contributed by atoms with van der Waals surface area (Å²) < 4.78 is 15.7. The Balaban J connectivity index is 2.18. The van der Waals surface area contributed by atoms with Gasteiger partial charge in [-0.3, -0.25) is 0 Å². The summed E-state index contributed by atoms with van der Waals surface area (Å²) >= 11 is 3.38. The number of benzene rings is 1. The summed E-state index contributed by atoms with van der Waals surface area (Å²) in [6, 6.07) is 8.72. The number of aromatic nitrogens is 3. The Morgan fingerprint density at radius 2 is 2.06 bits per heavy atom. The molecule has 2 heterocycles. The molecule has 0 fully saturated rings. The average molecular weight is 306 g/mol. The summed E-state index contributed by atoms with van der Waals surface area (Å²) in [4.78, 5) is 4.18. The second-order valence-corrected chi connectivity index (χ2v) is 4.85. The summed E-state index contributed by atoms with van der Waals surface area (Å²) in [5, 5.41) is 4.46. The number of halogens is 2. The molecule has 0 amide bonds. The molecule has 0 unspecified atom stereocenters. The first kappa shape index (κ1) is 11.3. The van der Waals surface area contributed by atoms with E-state index in [1.165, 1.54) is 6.07 Å². The number of rotatable bonds is 1. The molecule has 18 heavy (non-hydrogen) atoms. The van der Waals surface area contributed by atoms with E-state index in [-0.39, 0.29) is 5.82 Å². The lowest BCUT2D eigenvalue weighted by atomic mass is 10.1. The molecule has 0 radical (unpaired) electrons. The lowest BCUT2D eigenvalue weighted by molar-refractivity contribution is 0.618. The largest absolute Gasteiger partial charge is 0.234 e. The van der Waals surface area contributed by atoms with Crippen LogP contribution in [0.15, 0.2) is 41.1 Å². The molecule has 0 spiro atoms. The highest BCUT2D eigenvalue weighted by molar-refractivity contribution is 9.10. The van der Waals surface area contributed by atoms with Crippen molar-refractivity contribution in [1.82, 2.24) is 14.6 Å². The number of fused-ring (bicyclic) bond motifs is 1. The van der Waals surface area contributed by atoms with Crippen molar-refractivity contribution in [2.75, 3.05) is 0 Å². The van der Waals surface area contributed by atoms with Crippen LogP contribution in [0.3, 0.4) is 0 Å². The fraction of sp³-hybridized carbons (Fsp3) is 0.0769. The predicted molar refractivity (Wildman–Crippen MR) is 70.8 cm³/mol. The molecule has 0 saturated carbocycles. The van der Waals surface area contributed by atoms with Gasteiger partial charge < -0.3 is 0 Å². The highest BCUT2D eigenvalue weighted by Gasteiger charge is 2.06. The highest BCUT2D eigenvalue weighted by Crippen LogP contribution is 2.21. The number of hydrogen-bond acceptors (Lipinski definition) is 2. The lowest BCUT2D eigenvalue weighted by Crippen LogP contribution is -1.95. The van der Waals surface area contributed by atoms with Crippen molar-refractivity contribution in [2.45, 2.75) is 6.92 Å². The molecule has 3 aromatic rings. The third-order valence-corrected chi connectivity index (χ3v) is 3.32. The zero-order valence-corrected chi connectivity index (χ0v) is 11.1. The average Bonchev–Trinajstić information content (AvgIpc) is 2.74. The molecule has 3 rings (SSSR count). The normalized spacial score (nSPS) is 11.1. The molecule has 0 aliphatic carbocycles. The maximum absolute atomic E-state index is 13.2. The van der Waals surface area contributed by atoms with Crippen LogP contribution in [-0.4, -0.2) is 14.6 Å². The minimum absolute atomic E-state index is 0.205. The monoisotopic (exact) mass is 305 g/mol. The minimum atomic E-state index is -0.205. The topological polar surface area (TPSA) is 30.2 Å². The van der Waals surface area contributed by atoms with Crippen molar-refractivity contribution < 1.29 is 4.39 Å². The van der Waals surface area contributed by atoms with E-state index in [9.17, 15) is 4.39 Å². The summed E-state index contributed by atoms with van der Waals surface area (Å²) in [6.45, 7) is 1.74. The van der Waals surface area contributed by atoms with Crippen molar-refractivity contribution in [2.24, 2.45) is 0 Å². The predicted octanol–water partition coefficient (Wildman–Crippen LogP) is 3.61. The van der Waals surface area contributed by atoms with Gasteiger partial charge in [0, 0.05) is 5.56 Å². The van der Waals surface area contributed by atoms with E-state index in [1.54, 1.807) is 29.8 Å². The molecule has 0 bridgehead atoms. The quantitative estimate of drug-likeness (QED) is 0.687. The van der Waals surface area contributed by atoms with E-state index < -0.39 is 0 Å². The van der Waals surface area contributed by atoms with Gasteiger partial charge in [0.25, 0.3) is 0 Å². The van der Waals surface area contributed by atoms with Gasteiger partial charge in [0.1, 0.15) is 10.4 Å². The van der Waals surface area contributed by atoms with Crippen LogP contribution < -0.4 is 0 Å². The summed E-state index contributed by atoms with van der Waals surface area (Å²) in [6.07, 6.45) is 1.70. The van der Waals surface area contributed by atoms with Crippen LogP contribution in [0.2, 0.25) is 0 Å². The molecule has 0 saturated heterocycles. The fourth-order valence-electron chi connectivity index (χ4n) is 1.80. The number of aryl methyl sites for hydroxylation is 1. The Kier molecular flexibility index (Phi) is 2.63. The van der Waals surface area contributed by atoms with Gasteiger partial charge in [-0.25, -0.2) is 13.9 Å². The van der Waals surface area contributed by atoms with Gasteiger partial charge in [0.2, 0.25) is 0 Å². The van der Waals surface area contributed by atoms with Gasteiger partial charge in [-0.05, 0) is 58.7 Å². The second kappa shape index (κ2) is 4.17. The van der Waals surface area contributed by atoms with Gasteiger partial charge in [0.05, 0.1) is 11.9 Å². The van der Waals surface area contributed by atoms with Crippen LogP contribution in [-0.2, 0) is 0 Å². The molecule has 5 heteroatoms. The van der Waals surface area contributed by atoms with E-state index in [4.69, 9.17) is 0 Å². The molecular weight excluding hydrogens is 297 g/mol. The van der Waals surface area contributed by atoms with E-state index in [2.05, 4.69) is 26.0 Å². The van der Waals surface area contributed by atoms with Crippen molar-refractivity contribution >= 4 is 21.6 Å². The first-order valence-electron chi connectivity index (χ1n) is 5.42. The Bertz CT molecular complexity index is 736. The van der Waals surface area contributed by atoms with Gasteiger partial charge in [0.15, 0.2) is 5.65 Å². The number of imidazole rings is 1. The maximum Gasteiger partial charge on any atom is 0.154 e. The zero-order chi connectivity index (χ0) is 12.7. The smallest absolute Gasteiger partial charge is 0.154 e. The molecule has 2 aromatic heterocycles. The first-order valence-corrected chi connectivity index (χ1v) is 6.21. The molecule has 0 aliphatic rings. The van der Waals surface area contributed by atoms with E-state index in [1.807, 2.05) is 12.1 Å². The van der Waals surface area contributed by atoms with E-state index in [0.29, 0.717) is 5.56 Å². The molecular formula is C13H9BrFN3. The summed E-state index contributed by atoms with van der Waals surface area (Å²) in [7, 11) is 0. The van der Waals surface area contributed by atoms with Crippen LogP contribution in [0.4, 0.5) is 4.39 Å². The van der Waals surface area contributed by atoms with Crippen LogP contribution >= 0.6 is 15.9 Å². The van der Waals surface area contributed by atoms with Crippen molar-refractivity contribution in [3.63, 3.8) is 0 Å². The summed E-state index contributed by atoms with van der Waals surface area (Å²) in [5.74, 6) is -0.205.